The lowest BCUT2D eigenvalue weighted by atomic mass is 10.2. The molecule has 1 aliphatic heterocycles. The molecule has 0 saturated carbocycles. The van der Waals surface area contributed by atoms with Gasteiger partial charge in [0.15, 0.2) is 0 Å². The maximum Gasteiger partial charge on any atom is 0.303 e. The number of aliphatic carboxylic acids is 1. The first kappa shape index (κ1) is 21.9. The van der Waals surface area contributed by atoms with Gasteiger partial charge >= 0.3 is 5.97 Å². The van der Waals surface area contributed by atoms with Gasteiger partial charge in [-0.25, -0.2) is 4.98 Å². The number of hydrogen-bond donors (Lipinski definition) is 3. The molecule has 1 saturated heterocycles. The number of aromatic nitrogens is 2. The lowest BCUT2D eigenvalue weighted by molar-refractivity contribution is -0.137. The number of nitrogens with one attached hydrogen (secondary N) is 1. The minimum absolute atomic E-state index is 0.0688. The molecule has 1 amide bonds. The number of thioether (sulfide) groups is 1. The van der Waals surface area contributed by atoms with Crippen molar-refractivity contribution in [1.82, 2.24) is 14.3 Å². The van der Waals surface area contributed by atoms with Crippen LogP contribution < -0.4 is 10.9 Å². The number of fused-ring (bicyclic) bond motifs is 1. The predicted octanol–water partition coefficient (Wildman–Crippen LogP) is 1.47. The first-order chi connectivity index (χ1) is 14.3. The van der Waals surface area contributed by atoms with Crippen LogP contribution >= 0.6 is 24.0 Å². The third kappa shape index (κ3) is 4.53. The number of nitrogens with zero attached hydrogens (tertiary/aromatic N) is 3. The van der Waals surface area contributed by atoms with Crippen molar-refractivity contribution >= 4 is 57.7 Å². The summed E-state index contributed by atoms with van der Waals surface area (Å²) in [5.74, 6) is -1.06. The third-order valence-electron chi connectivity index (χ3n) is 4.41. The monoisotopic (exact) mass is 448 g/mol. The average Bonchev–Trinajstić information content (AvgIpc) is 2.96. The van der Waals surface area contributed by atoms with E-state index in [4.69, 9.17) is 22.4 Å². The van der Waals surface area contributed by atoms with Crippen LogP contribution in [0.2, 0.25) is 0 Å². The Kier molecular flexibility index (Phi) is 6.85. The number of aliphatic hydroxyl groups is 1. The van der Waals surface area contributed by atoms with E-state index in [0.717, 1.165) is 17.3 Å². The number of aryl methyl sites for hydroxylation is 1. The van der Waals surface area contributed by atoms with E-state index in [0.29, 0.717) is 9.97 Å². The molecule has 0 bridgehead atoms. The number of carboxylic acids is 1. The molecule has 11 heteroatoms. The molecule has 0 spiro atoms. The Bertz CT molecular complexity index is 1110. The van der Waals surface area contributed by atoms with Gasteiger partial charge in [-0.05, 0) is 31.1 Å². The fourth-order valence-electron chi connectivity index (χ4n) is 2.96. The van der Waals surface area contributed by atoms with Gasteiger partial charge in [0.2, 0.25) is 0 Å². The number of hydrogen-bond acceptors (Lipinski definition) is 8. The van der Waals surface area contributed by atoms with Gasteiger partial charge in [-0.15, -0.1) is 0 Å². The molecule has 3 N–H and O–H groups in total. The minimum atomic E-state index is -0.943. The number of rotatable bonds is 8. The molecule has 1 fully saturated rings. The smallest absolute Gasteiger partial charge is 0.303 e. The Balaban J connectivity index is 2.01. The zero-order chi connectivity index (χ0) is 21.8. The Labute approximate surface area is 181 Å². The SMILES string of the molecule is Cc1cccn2c(=O)c(/C=C3\SC(=S)N(CCCC(=O)O)C3=O)c(NCCO)nc12. The van der Waals surface area contributed by atoms with Gasteiger partial charge < -0.3 is 15.5 Å². The fourth-order valence-corrected chi connectivity index (χ4v) is 4.25. The molecule has 3 heterocycles. The summed E-state index contributed by atoms with van der Waals surface area (Å²) in [7, 11) is 0. The summed E-state index contributed by atoms with van der Waals surface area (Å²) < 4.78 is 1.71. The summed E-state index contributed by atoms with van der Waals surface area (Å²) in [4.78, 5) is 42.7. The second-order valence-corrected chi connectivity index (χ2v) is 8.22. The van der Waals surface area contributed by atoms with E-state index in [9.17, 15) is 14.4 Å². The van der Waals surface area contributed by atoms with E-state index < -0.39 is 5.97 Å². The second kappa shape index (κ2) is 9.37. The van der Waals surface area contributed by atoms with Crippen LogP contribution in [0.25, 0.3) is 11.7 Å². The van der Waals surface area contributed by atoms with Gasteiger partial charge in [0, 0.05) is 25.7 Å². The Hall–Kier alpha value is -2.76. The van der Waals surface area contributed by atoms with E-state index in [2.05, 4.69) is 10.3 Å². The van der Waals surface area contributed by atoms with Crippen LogP contribution in [0.1, 0.15) is 24.0 Å². The van der Waals surface area contributed by atoms with Crippen LogP contribution in [-0.2, 0) is 9.59 Å². The number of aliphatic hydroxyl groups excluding tert-OH is 1. The fraction of sp³-hybridized carbons (Fsp3) is 0.316. The van der Waals surface area contributed by atoms with Gasteiger partial charge in [0.25, 0.3) is 11.5 Å². The van der Waals surface area contributed by atoms with E-state index in [-0.39, 0.29) is 60.3 Å². The number of pyridine rings is 1. The van der Waals surface area contributed by atoms with Gasteiger partial charge in [-0.2, -0.15) is 0 Å². The first-order valence-electron chi connectivity index (χ1n) is 9.17. The summed E-state index contributed by atoms with van der Waals surface area (Å²) in [5, 5.41) is 20.9. The van der Waals surface area contributed by atoms with Crippen molar-refractivity contribution in [3.8, 4) is 0 Å². The van der Waals surface area contributed by atoms with E-state index >= 15 is 0 Å². The molecule has 158 valence electrons. The van der Waals surface area contributed by atoms with Crippen LogP contribution in [0.5, 0.6) is 0 Å². The van der Waals surface area contributed by atoms with Crippen LogP contribution in [0, 0.1) is 6.92 Å². The van der Waals surface area contributed by atoms with Gasteiger partial charge in [0.1, 0.15) is 15.8 Å². The zero-order valence-electron chi connectivity index (χ0n) is 16.1. The molecule has 0 radical (unpaired) electrons. The molecule has 2 aromatic heterocycles. The van der Waals surface area contributed by atoms with Crippen molar-refractivity contribution in [2.45, 2.75) is 19.8 Å². The highest BCUT2D eigenvalue weighted by molar-refractivity contribution is 8.26. The molecule has 30 heavy (non-hydrogen) atoms. The highest BCUT2D eigenvalue weighted by atomic mass is 32.2. The normalized spacial score (nSPS) is 15.4. The highest BCUT2D eigenvalue weighted by Gasteiger charge is 2.32. The van der Waals surface area contributed by atoms with Crippen molar-refractivity contribution < 1.29 is 19.8 Å². The van der Waals surface area contributed by atoms with E-state index in [1.807, 2.05) is 13.0 Å². The lowest BCUT2D eigenvalue weighted by Crippen LogP contribution is -2.29. The Morgan fingerprint density at radius 2 is 2.17 bits per heavy atom. The molecule has 0 atom stereocenters. The number of carbonyl (C=O) groups is 2. The highest BCUT2D eigenvalue weighted by Crippen LogP contribution is 2.33. The number of carbonyl (C=O) groups excluding carboxylic acids is 1. The summed E-state index contributed by atoms with van der Waals surface area (Å²) in [6, 6.07) is 3.57. The molecular weight excluding hydrogens is 428 g/mol. The topological polar surface area (TPSA) is 124 Å². The number of amides is 1. The number of anilines is 1. The minimum Gasteiger partial charge on any atom is -0.481 e. The maximum atomic E-state index is 13.1. The van der Waals surface area contributed by atoms with Gasteiger partial charge in [-0.3, -0.25) is 23.7 Å². The summed E-state index contributed by atoms with van der Waals surface area (Å²) in [5.41, 5.74) is 1.09. The molecular formula is C19H20N4O5S2. The van der Waals surface area contributed by atoms with Crippen molar-refractivity contribution in [3.63, 3.8) is 0 Å². The number of carboxylic acid groups (broad SMARTS) is 1. The standard InChI is InChI=1S/C19H20N4O5S2/c1-11-4-2-7-22-16(11)21-15(20-6-9-24)12(17(22)27)10-13-18(28)23(19(29)30-13)8-3-5-14(25)26/h2,4,7,10,20,24H,3,5-6,8-9H2,1H3,(H,25,26)/b13-10-. The average molecular weight is 449 g/mol. The molecule has 1 aliphatic rings. The first-order valence-corrected chi connectivity index (χ1v) is 10.4. The van der Waals surface area contributed by atoms with Crippen molar-refractivity contribution in [2.24, 2.45) is 0 Å². The van der Waals surface area contributed by atoms with Crippen LogP contribution in [0.4, 0.5) is 5.82 Å². The Morgan fingerprint density at radius 1 is 1.40 bits per heavy atom. The summed E-state index contributed by atoms with van der Waals surface area (Å²) in [6.45, 7) is 2.06. The van der Waals surface area contributed by atoms with Crippen molar-refractivity contribution in [2.75, 3.05) is 25.0 Å². The molecule has 0 unspecified atom stereocenters. The Morgan fingerprint density at radius 3 is 2.87 bits per heavy atom. The lowest BCUT2D eigenvalue weighted by Gasteiger charge is -2.13. The summed E-state index contributed by atoms with van der Waals surface area (Å²) >= 11 is 6.31. The van der Waals surface area contributed by atoms with Crippen LogP contribution in [-0.4, -0.2) is 60.4 Å². The van der Waals surface area contributed by atoms with E-state index in [1.54, 1.807) is 12.3 Å². The maximum absolute atomic E-state index is 13.1. The predicted molar refractivity (Wildman–Crippen MR) is 119 cm³/mol. The van der Waals surface area contributed by atoms with Gasteiger partial charge in [0.05, 0.1) is 17.1 Å². The molecule has 0 aromatic carbocycles. The zero-order valence-corrected chi connectivity index (χ0v) is 17.8. The third-order valence-corrected chi connectivity index (χ3v) is 5.79. The van der Waals surface area contributed by atoms with Gasteiger partial charge in [-0.1, -0.05) is 30.0 Å². The summed E-state index contributed by atoms with van der Waals surface area (Å²) in [6.07, 6.45) is 3.25. The number of thiocarbonyl (C=S) groups is 1. The molecule has 0 aliphatic carbocycles. The van der Waals surface area contributed by atoms with E-state index in [1.165, 1.54) is 15.4 Å². The quantitative estimate of drug-likeness (QED) is 0.407. The molecule has 9 nitrogen and oxygen atoms in total. The molecule has 2 aromatic rings. The largest absolute Gasteiger partial charge is 0.481 e. The van der Waals surface area contributed by atoms with Crippen LogP contribution in [0.3, 0.4) is 0 Å². The second-order valence-electron chi connectivity index (χ2n) is 6.55. The molecule has 3 rings (SSSR count). The van der Waals surface area contributed by atoms with Crippen molar-refractivity contribution in [1.29, 1.82) is 0 Å². The van der Waals surface area contributed by atoms with Crippen molar-refractivity contribution in [3.05, 3.63) is 44.7 Å². The van der Waals surface area contributed by atoms with Crippen LogP contribution in [0.15, 0.2) is 28.0 Å².